The number of primary amides is 2. The Morgan fingerprint density at radius 1 is 0.949 bits per heavy atom. The highest BCUT2D eigenvalue weighted by atomic mass is 16.5. The summed E-state index contributed by atoms with van der Waals surface area (Å²) < 4.78 is 5.14. The molecule has 0 aliphatic rings. The van der Waals surface area contributed by atoms with Gasteiger partial charge < -0.3 is 37.5 Å². The minimum atomic E-state index is -0.708. The first-order valence-electron chi connectivity index (χ1n) is 13.3. The number of hydrogen-bond donors (Lipinski definition) is 6. The topological polar surface area (TPSA) is 195 Å². The van der Waals surface area contributed by atoms with Crippen LogP contribution in [0.5, 0.6) is 0 Å². The summed E-state index contributed by atoms with van der Waals surface area (Å²) in [5.41, 5.74) is 11.1. The molecule has 0 heterocycles. The zero-order valence-corrected chi connectivity index (χ0v) is 24.6. The lowest BCUT2D eigenvalue weighted by molar-refractivity contribution is -0.148. The van der Waals surface area contributed by atoms with Gasteiger partial charge in [-0.05, 0) is 31.0 Å². The second-order valence-electron chi connectivity index (χ2n) is 8.83. The molecule has 1 aromatic carbocycles. The second-order valence-corrected chi connectivity index (χ2v) is 8.83. The number of benzene rings is 1. The molecule has 0 bridgehead atoms. The first-order valence-corrected chi connectivity index (χ1v) is 13.3. The molecule has 39 heavy (non-hydrogen) atoms. The van der Waals surface area contributed by atoms with Crippen LogP contribution in [-0.2, 0) is 25.7 Å². The molecule has 1 atom stereocenters. The zero-order valence-electron chi connectivity index (χ0n) is 24.6. The van der Waals surface area contributed by atoms with Crippen LogP contribution < -0.4 is 32.7 Å². The molecule has 0 fully saturated rings. The van der Waals surface area contributed by atoms with Crippen LogP contribution in [0.2, 0.25) is 0 Å². The van der Waals surface area contributed by atoms with Gasteiger partial charge in [0.1, 0.15) is 6.61 Å². The van der Waals surface area contributed by atoms with E-state index in [1.165, 1.54) is 6.07 Å². The van der Waals surface area contributed by atoms with Crippen molar-refractivity contribution in [2.24, 2.45) is 23.3 Å². The van der Waals surface area contributed by atoms with E-state index >= 15 is 0 Å². The molecule has 0 spiro atoms. The maximum Gasteiger partial charge on any atom is 0.312 e. The Morgan fingerprint density at radius 3 is 2.00 bits per heavy atom. The number of amides is 5. The van der Waals surface area contributed by atoms with Crippen molar-refractivity contribution in [2.75, 3.05) is 25.0 Å². The quantitative estimate of drug-likeness (QED) is 0.202. The predicted molar refractivity (Wildman–Crippen MR) is 153 cm³/mol. The van der Waals surface area contributed by atoms with E-state index in [1.54, 1.807) is 26.0 Å². The van der Waals surface area contributed by atoms with E-state index in [9.17, 15) is 24.0 Å². The third kappa shape index (κ3) is 16.7. The average Bonchev–Trinajstić information content (AvgIpc) is 2.89. The van der Waals surface area contributed by atoms with Crippen LogP contribution in [0.15, 0.2) is 18.2 Å². The molecule has 222 valence electrons. The fraction of sp³-hybridized carbons (Fsp3) is 0.593. The van der Waals surface area contributed by atoms with E-state index < -0.39 is 29.9 Å². The maximum atomic E-state index is 12.2. The van der Waals surface area contributed by atoms with Crippen molar-refractivity contribution < 1.29 is 28.7 Å². The maximum absolute atomic E-state index is 12.2. The summed E-state index contributed by atoms with van der Waals surface area (Å²) in [5.74, 6) is -2.03. The Bertz CT molecular complexity index is 920. The number of carbonyl (C=O) groups excluding carboxylic acids is 5. The minimum absolute atomic E-state index is 0.0727. The van der Waals surface area contributed by atoms with Crippen LogP contribution in [-0.4, -0.2) is 55.4 Å². The smallest absolute Gasteiger partial charge is 0.312 e. The van der Waals surface area contributed by atoms with Crippen molar-refractivity contribution >= 4 is 35.4 Å². The predicted octanol–water partition coefficient (Wildman–Crippen LogP) is 2.26. The van der Waals surface area contributed by atoms with Gasteiger partial charge in [-0.1, -0.05) is 61.5 Å². The summed E-state index contributed by atoms with van der Waals surface area (Å²) in [6.45, 7) is 16.1. The second kappa shape index (κ2) is 21.3. The number of anilines is 1. The highest BCUT2D eigenvalue weighted by molar-refractivity contribution is 5.99. The van der Waals surface area contributed by atoms with Gasteiger partial charge in [0.05, 0.1) is 18.5 Å². The minimum Gasteiger partial charge on any atom is -0.461 e. The molecule has 1 rings (SSSR count). The SMILES string of the molecule is CC.CCCNC(N)=O.CCNC(C(=O)NCC(=O)Nc1ccc(COC(=O)C(C)C)c(C(N)=O)c1)C(C)C. The Morgan fingerprint density at radius 2 is 1.56 bits per heavy atom. The zero-order chi connectivity index (χ0) is 30.5. The number of urea groups is 1. The molecule has 0 aromatic heterocycles. The number of carbonyl (C=O) groups is 5. The van der Waals surface area contributed by atoms with Crippen LogP contribution in [0.3, 0.4) is 0 Å². The van der Waals surface area contributed by atoms with Gasteiger partial charge in [0.15, 0.2) is 0 Å². The molecule has 12 nitrogen and oxygen atoms in total. The van der Waals surface area contributed by atoms with Crippen LogP contribution in [0.25, 0.3) is 0 Å². The number of esters is 1. The third-order valence-corrected chi connectivity index (χ3v) is 4.85. The molecule has 0 aliphatic carbocycles. The van der Waals surface area contributed by atoms with Crippen LogP contribution >= 0.6 is 0 Å². The molecule has 0 aliphatic heterocycles. The highest BCUT2D eigenvalue weighted by Crippen LogP contribution is 2.17. The van der Waals surface area contributed by atoms with Crippen molar-refractivity contribution in [3.63, 3.8) is 0 Å². The molecule has 0 saturated carbocycles. The first kappa shape index (κ1) is 37.5. The summed E-state index contributed by atoms with van der Waals surface area (Å²) in [7, 11) is 0. The fourth-order valence-electron chi connectivity index (χ4n) is 2.91. The van der Waals surface area contributed by atoms with Crippen molar-refractivity contribution in [2.45, 2.75) is 74.5 Å². The highest BCUT2D eigenvalue weighted by Gasteiger charge is 2.21. The lowest BCUT2D eigenvalue weighted by Gasteiger charge is -2.20. The standard InChI is InChI=1S/C21H32N4O5.C4H10N2O.C2H6/c1-6-23-18(12(2)3)20(28)24-10-17(26)25-15-8-7-14(16(9-15)19(22)27)11-30-21(29)13(4)5;1-2-3-6-4(5)7;1-2/h7-9,12-13,18,23H,6,10-11H2,1-5H3,(H2,22,27)(H,24,28)(H,25,26);2-3H2,1H3,(H3,5,6,7);1-2H3. The Hall–Kier alpha value is -3.67. The largest absolute Gasteiger partial charge is 0.461 e. The van der Waals surface area contributed by atoms with E-state index in [0.29, 0.717) is 24.3 Å². The van der Waals surface area contributed by atoms with Crippen molar-refractivity contribution in [3.05, 3.63) is 29.3 Å². The fourth-order valence-corrected chi connectivity index (χ4v) is 2.91. The van der Waals surface area contributed by atoms with Gasteiger partial charge >= 0.3 is 12.0 Å². The van der Waals surface area contributed by atoms with E-state index in [4.69, 9.17) is 16.2 Å². The van der Waals surface area contributed by atoms with Crippen molar-refractivity contribution in [1.29, 1.82) is 0 Å². The third-order valence-electron chi connectivity index (χ3n) is 4.85. The number of nitrogens with one attached hydrogen (secondary N) is 4. The van der Waals surface area contributed by atoms with Crippen LogP contribution in [0.4, 0.5) is 10.5 Å². The Balaban J connectivity index is 0. The van der Waals surface area contributed by atoms with Gasteiger partial charge in [-0.15, -0.1) is 0 Å². The first-order chi connectivity index (χ1) is 18.3. The normalized spacial score (nSPS) is 10.7. The Labute approximate surface area is 232 Å². The van der Waals surface area contributed by atoms with Crippen LogP contribution in [0.1, 0.15) is 77.7 Å². The van der Waals surface area contributed by atoms with Gasteiger partial charge in [0, 0.05) is 23.4 Å². The van der Waals surface area contributed by atoms with Gasteiger partial charge in [0.2, 0.25) is 17.7 Å². The Kier molecular flexibility index (Phi) is 20.5. The molecule has 1 aromatic rings. The van der Waals surface area contributed by atoms with E-state index in [-0.39, 0.29) is 36.5 Å². The summed E-state index contributed by atoms with van der Waals surface area (Å²) in [6, 6.07) is 3.71. The lowest BCUT2D eigenvalue weighted by Crippen LogP contribution is -2.49. The van der Waals surface area contributed by atoms with E-state index in [2.05, 4.69) is 21.3 Å². The average molecular weight is 553 g/mol. The molecule has 0 saturated heterocycles. The van der Waals surface area contributed by atoms with Gasteiger partial charge in [-0.25, -0.2) is 4.79 Å². The molecule has 1 unspecified atom stereocenters. The number of likely N-dealkylation sites (N-methyl/N-ethyl adjacent to an activating group) is 1. The van der Waals surface area contributed by atoms with Gasteiger partial charge in [-0.3, -0.25) is 19.2 Å². The molecule has 8 N–H and O–H groups in total. The van der Waals surface area contributed by atoms with Crippen LogP contribution in [0, 0.1) is 11.8 Å². The number of ether oxygens (including phenoxy) is 1. The lowest BCUT2D eigenvalue weighted by atomic mass is 10.0. The molecular weight excluding hydrogens is 504 g/mol. The number of nitrogens with two attached hydrogens (primary N) is 2. The summed E-state index contributed by atoms with van der Waals surface area (Å²) in [4.78, 5) is 57.7. The van der Waals surface area contributed by atoms with Gasteiger partial charge in [0.25, 0.3) is 0 Å². The van der Waals surface area contributed by atoms with Crippen molar-refractivity contribution in [1.82, 2.24) is 16.0 Å². The molecule has 5 amide bonds. The molecule has 12 heteroatoms. The van der Waals surface area contributed by atoms with Gasteiger partial charge in [-0.2, -0.15) is 0 Å². The summed E-state index contributed by atoms with van der Waals surface area (Å²) in [5, 5.41) is 10.7. The monoisotopic (exact) mass is 552 g/mol. The number of rotatable bonds is 13. The molecular formula is C27H48N6O6. The van der Waals surface area contributed by atoms with E-state index in [0.717, 1.165) is 6.42 Å². The summed E-state index contributed by atoms with van der Waals surface area (Å²) >= 11 is 0. The number of hydrogen-bond acceptors (Lipinski definition) is 7. The summed E-state index contributed by atoms with van der Waals surface area (Å²) in [6.07, 6.45) is 0.933. The van der Waals surface area contributed by atoms with E-state index in [1.807, 2.05) is 41.5 Å². The van der Waals surface area contributed by atoms with Crippen molar-refractivity contribution in [3.8, 4) is 0 Å². The molecule has 0 radical (unpaired) electrons.